The molecule has 0 radical (unpaired) electrons. The van der Waals surface area contributed by atoms with Crippen molar-refractivity contribution in [2.75, 3.05) is 6.54 Å². The third-order valence-electron chi connectivity index (χ3n) is 2.62. The van der Waals surface area contributed by atoms with E-state index >= 15 is 0 Å². The largest absolute Gasteiger partial charge is 0.472 e. The van der Waals surface area contributed by atoms with Gasteiger partial charge in [0.2, 0.25) is 5.91 Å². The van der Waals surface area contributed by atoms with E-state index in [1.807, 2.05) is 0 Å². The molecule has 0 aromatic carbocycles. The van der Waals surface area contributed by atoms with Crippen molar-refractivity contribution in [1.82, 2.24) is 10.6 Å². The predicted molar refractivity (Wildman–Crippen MR) is 56.8 cm³/mol. The SMILES string of the molecule is O=C(NC1CCCCNC1=O)c1ccoc1. The van der Waals surface area contributed by atoms with Crippen molar-refractivity contribution in [3.63, 3.8) is 0 Å². The number of nitrogens with one attached hydrogen (secondary N) is 2. The minimum Gasteiger partial charge on any atom is -0.472 e. The Morgan fingerprint density at radius 3 is 3.12 bits per heavy atom. The Balaban J connectivity index is 1.97. The third kappa shape index (κ3) is 2.42. The van der Waals surface area contributed by atoms with Gasteiger partial charge in [-0.05, 0) is 25.3 Å². The van der Waals surface area contributed by atoms with Crippen LogP contribution in [0.15, 0.2) is 23.0 Å². The maximum absolute atomic E-state index is 11.7. The van der Waals surface area contributed by atoms with Crippen molar-refractivity contribution in [1.29, 1.82) is 0 Å². The van der Waals surface area contributed by atoms with Crippen molar-refractivity contribution >= 4 is 11.8 Å². The van der Waals surface area contributed by atoms with Gasteiger partial charge in [-0.2, -0.15) is 0 Å². The topological polar surface area (TPSA) is 71.3 Å². The molecule has 5 nitrogen and oxygen atoms in total. The first kappa shape index (κ1) is 10.7. The van der Waals surface area contributed by atoms with Crippen molar-refractivity contribution in [3.05, 3.63) is 24.2 Å². The van der Waals surface area contributed by atoms with Crippen LogP contribution < -0.4 is 10.6 Å². The van der Waals surface area contributed by atoms with Gasteiger partial charge in [0.15, 0.2) is 0 Å². The standard InChI is InChI=1S/C11H14N2O3/c14-10(8-4-6-16-7-8)13-9-3-1-2-5-12-11(9)15/h4,6-7,9H,1-3,5H2,(H,12,15)(H,13,14). The fourth-order valence-corrected chi connectivity index (χ4v) is 1.71. The zero-order valence-electron chi connectivity index (χ0n) is 8.86. The highest BCUT2D eigenvalue weighted by Crippen LogP contribution is 2.07. The van der Waals surface area contributed by atoms with Gasteiger partial charge in [-0.15, -0.1) is 0 Å². The molecule has 1 aromatic heterocycles. The van der Waals surface area contributed by atoms with Crippen LogP contribution in [0.3, 0.4) is 0 Å². The summed E-state index contributed by atoms with van der Waals surface area (Å²) in [4.78, 5) is 23.3. The molecular weight excluding hydrogens is 208 g/mol. The summed E-state index contributed by atoms with van der Waals surface area (Å²) >= 11 is 0. The summed E-state index contributed by atoms with van der Waals surface area (Å²) in [7, 11) is 0. The third-order valence-corrected chi connectivity index (χ3v) is 2.62. The molecule has 0 spiro atoms. The zero-order valence-corrected chi connectivity index (χ0v) is 8.86. The summed E-state index contributed by atoms with van der Waals surface area (Å²) < 4.78 is 4.81. The number of amides is 2. The molecule has 0 bridgehead atoms. The van der Waals surface area contributed by atoms with Crippen molar-refractivity contribution < 1.29 is 14.0 Å². The van der Waals surface area contributed by atoms with E-state index in [1.165, 1.54) is 12.5 Å². The maximum atomic E-state index is 11.7. The smallest absolute Gasteiger partial charge is 0.255 e. The van der Waals surface area contributed by atoms with Gasteiger partial charge in [0.1, 0.15) is 12.3 Å². The molecule has 2 heterocycles. The van der Waals surface area contributed by atoms with E-state index < -0.39 is 6.04 Å². The summed E-state index contributed by atoms with van der Waals surface area (Å²) in [6.07, 6.45) is 5.39. The zero-order chi connectivity index (χ0) is 11.4. The van der Waals surface area contributed by atoms with E-state index in [-0.39, 0.29) is 11.8 Å². The van der Waals surface area contributed by atoms with Crippen LogP contribution in [-0.4, -0.2) is 24.4 Å². The van der Waals surface area contributed by atoms with Gasteiger partial charge in [0, 0.05) is 6.54 Å². The van der Waals surface area contributed by atoms with E-state index in [4.69, 9.17) is 4.42 Å². The van der Waals surface area contributed by atoms with Crippen LogP contribution >= 0.6 is 0 Å². The fourth-order valence-electron chi connectivity index (χ4n) is 1.71. The minimum absolute atomic E-state index is 0.102. The van der Waals surface area contributed by atoms with Gasteiger partial charge in [-0.25, -0.2) is 0 Å². The predicted octanol–water partition coefficient (Wildman–Crippen LogP) is 0.678. The molecule has 1 atom stereocenters. The first-order valence-corrected chi connectivity index (χ1v) is 5.38. The molecule has 1 aliphatic heterocycles. The first-order chi connectivity index (χ1) is 7.77. The van der Waals surface area contributed by atoms with Crippen LogP contribution in [-0.2, 0) is 4.79 Å². The number of rotatable bonds is 2. The summed E-state index contributed by atoms with van der Waals surface area (Å²) in [6.45, 7) is 0.691. The van der Waals surface area contributed by atoms with E-state index in [9.17, 15) is 9.59 Å². The molecular formula is C11H14N2O3. The molecule has 5 heteroatoms. The molecule has 0 saturated carbocycles. The maximum Gasteiger partial charge on any atom is 0.255 e. The Morgan fingerprint density at radius 1 is 1.50 bits per heavy atom. The van der Waals surface area contributed by atoms with Crippen molar-refractivity contribution in [2.45, 2.75) is 25.3 Å². The van der Waals surface area contributed by atoms with Gasteiger partial charge < -0.3 is 15.1 Å². The molecule has 1 aliphatic rings. The average Bonchev–Trinajstić information content (AvgIpc) is 2.73. The highest BCUT2D eigenvalue weighted by molar-refractivity contribution is 5.97. The highest BCUT2D eigenvalue weighted by atomic mass is 16.3. The van der Waals surface area contributed by atoms with Gasteiger partial charge in [0.25, 0.3) is 5.91 Å². The summed E-state index contributed by atoms with van der Waals surface area (Å²) in [6, 6.07) is 1.15. The Morgan fingerprint density at radius 2 is 2.38 bits per heavy atom. The van der Waals surface area contributed by atoms with Gasteiger partial charge in [-0.3, -0.25) is 9.59 Å². The number of hydrogen-bond acceptors (Lipinski definition) is 3. The number of carbonyl (C=O) groups excluding carboxylic acids is 2. The van der Waals surface area contributed by atoms with Crippen LogP contribution in [0.25, 0.3) is 0 Å². The molecule has 2 rings (SSSR count). The number of carbonyl (C=O) groups is 2. The Kier molecular flexibility index (Phi) is 3.24. The Hall–Kier alpha value is -1.78. The second kappa shape index (κ2) is 4.83. The number of hydrogen-bond donors (Lipinski definition) is 2. The molecule has 16 heavy (non-hydrogen) atoms. The lowest BCUT2D eigenvalue weighted by atomic mass is 10.1. The van der Waals surface area contributed by atoms with Crippen LogP contribution in [0, 0.1) is 0 Å². The molecule has 2 amide bonds. The molecule has 1 unspecified atom stereocenters. The quantitative estimate of drug-likeness (QED) is 0.772. The normalized spacial score (nSPS) is 21.0. The Labute approximate surface area is 93.2 Å². The molecule has 1 fully saturated rings. The van der Waals surface area contributed by atoms with Crippen LogP contribution in [0.4, 0.5) is 0 Å². The lowest BCUT2D eigenvalue weighted by molar-refractivity contribution is -0.122. The highest BCUT2D eigenvalue weighted by Gasteiger charge is 2.22. The van der Waals surface area contributed by atoms with Gasteiger partial charge >= 0.3 is 0 Å². The van der Waals surface area contributed by atoms with E-state index in [0.717, 1.165) is 12.8 Å². The lowest BCUT2D eigenvalue weighted by Crippen LogP contribution is -2.45. The van der Waals surface area contributed by atoms with E-state index in [2.05, 4.69) is 10.6 Å². The van der Waals surface area contributed by atoms with Gasteiger partial charge in [-0.1, -0.05) is 0 Å². The average molecular weight is 222 g/mol. The monoisotopic (exact) mass is 222 g/mol. The Bertz CT molecular complexity index is 373. The second-order valence-electron chi connectivity index (χ2n) is 3.82. The van der Waals surface area contributed by atoms with Crippen molar-refractivity contribution in [3.8, 4) is 0 Å². The summed E-state index contributed by atoms with van der Waals surface area (Å²) in [5.41, 5.74) is 0.442. The molecule has 1 saturated heterocycles. The molecule has 1 aromatic rings. The van der Waals surface area contributed by atoms with Gasteiger partial charge in [0.05, 0.1) is 11.8 Å². The van der Waals surface area contributed by atoms with Crippen molar-refractivity contribution in [2.24, 2.45) is 0 Å². The molecule has 2 N–H and O–H groups in total. The van der Waals surface area contributed by atoms with E-state index in [1.54, 1.807) is 6.07 Å². The second-order valence-corrected chi connectivity index (χ2v) is 3.82. The molecule has 0 aliphatic carbocycles. The summed E-state index contributed by atoms with van der Waals surface area (Å²) in [5.74, 6) is -0.370. The number of furan rings is 1. The van der Waals surface area contributed by atoms with Crippen LogP contribution in [0.2, 0.25) is 0 Å². The van der Waals surface area contributed by atoms with E-state index in [0.29, 0.717) is 18.5 Å². The first-order valence-electron chi connectivity index (χ1n) is 5.38. The lowest BCUT2D eigenvalue weighted by Gasteiger charge is -2.14. The van der Waals surface area contributed by atoms with Crippen LogP contribution in [0.1, 0.15) is 29.6 Å². The minimum atomic E-state index is -0.426. The van der Waals surface area contributed by atoms with Crippen LogP contribution in [0.5, 0.6) is 0 Å². The molecule has 86 valence electrons. The summed E-state index contributed by atoms with van der Waals surface area (Å²) in [5, 5.41) is 5.47. The fraction of sp³-hybridized carbons (Fsp3) is 0.455.